The molecule has 17 heteroatoms. The van der Waals surface area contributed by atoms with Gasteiger partial charge < -0.3 is 14.9 Å². The third-order valence-electron chi connectivity index (χ3n) is 6.20. The first-order chi connectivity index (χ1) is 19.7. The predicted octanol–water partition coefficient (Wildman–Crippen LogP) is 5.53. The average Bonchev–Trinajstić information content (AvgIpc) is 3.66. The van der Waals surface area contributed by atoms with E-state index in [4.69, 9.17) is 9.90 Å². The van der Waals surface area contributed by atoms with Crippen LogP contribution >= 0.6 is 11.3 Å². The maximum Gasteiger partial charge on any atom is 0.490 e. The minimum atomic E-state index is -5.08. The lowest BCUT2D eigenvalue weighted by Crippen LogP contribution is -2.33. The van der Waals surface area contributed by atoms with Gasteiger partial charge in [0, 0.05) is 19.6 Å². The van der Waals surface area contributed by atoms with Crippen molar-refractivity contribution in [3.8, 4) is 11.4 Å². The molecule has 9 nitrogen and oxygen atoms in total. The van der Waals surface area contributed by atoms with Crippen LogP contribution in [0, 0.1) is 5.82 Å². The van der Waals surface area contributed by atoms with Crippen molar-refractivity contribution < 1.29 is 45.2 Å². The third kappa shape index (κ3) is 7.84. The number of aromatic amines is 1. The number of alkyl halides is 6. The zero-order valence-electron chi connectivity index (χ0n) is 21.4. The molecule has 0 saturated carbocycles. The lowest BCUT2D eigenvalue weighted by molar-refractivity contribution is -0.192. The SMILES string of the molecule is O=C(O)C(F)(F)F.O=c1[nH]c(-c2ccc(CN(CCN3CCCC3)c3nc4ccc(C(F)(F)F)cc4s3)cc2F)no1. The Bertz CT molecular complexity index is 1590. The molecule has 42 heavy (non-hydrogen) atoms. The first-order valence-corrected chi connectivity index (χ1v) is 13.1. The lowest BCUT2D eigenvalue weighted by Gasteiger charge is -2.25. The van der Waals surface area contributed by atoms with E-state index in [1.807, 2.05) is 4.90 Å². The number of H-pyrrole nitrogens is 1. The minimum absolute atomic E-state index is 0.00317. The van der Waals surface area contributed by atoms with Crippen molar-refractivity contribution in [3.05, 3.63) is 63.9 Å². The van der Waals surface area contributed by atoms with Gasteiger partial charge in [0.1, 0.15) is 5.82 Å². The molecule has 5 rings (SSSR count). The van der Waals surface area contributed by atoms with E-state index in [2.05, 4.69) is 24.5 Å². The molecule has 0 spiro atoms. The van der Waals surface area contributed by atoms with Crippen LogP contribution in [0.15, 0.2) is 45.7 Å². The number of halogens is 7. The molecular formula is C25H22F7N5O4S. The highest BCUT2D eigenvalue weighted by Gasteiger charge is 2.38. The lowest BCUT2D eigenvalue weighted by atomic mass is 10.1. The molecule has 0 aliphatic carbocycles. The minimum Gasteiger partial charge on any atom is -0.475 e. The Hall–Kier alpha value is -3.99. The smallest absolute Gasteiger partial charge is 0.475 e. The molecular weight excluding hydrogens is 599 g/mol. The van der Waals surface area contributed by atoms with E-state index in [1.54, 1.807) is 6.07 Å². The molecule has 1 fully saturated rings. The Morgan fingerprint density at radius 1 is 1.10 bits per heavy atom. The van der Waals surface area contributed by atoms with Crippen molar-refractivity contribution in [1.29, 1.82) is 0 Å². The fourth-order valence-electron chi connectivity index (χ4n) is 4.15. The number of nitrogens with one attached hydrogen (secondary N) is 1. The van der Waals surface area contributed by atoms with Gasteiger partial charge in [0.15, 0.2) is 11.0 Å². The number of aliphatic carboxylic acids is 1. The van der Waals surface area contributed by atoms with Gasteiger partial charge in [-0.25, -0.2) is 19.0 Å². The molecule has 3 heterocycles. The Morgan fingerprint density at radius 3 is 2.36 bits per heavy atom. The summed E-state index contributed by atoms with van der Waals surface area (Å²) in [7, 11) is 0. The van der Waals surface area contributed by atoms with Gasteiger partial charge in [0.2, 0.25) is 0 Å². The number of hydrogen-bond donors (Lipinski definition) is 2. The van der Waals surface area contributed by atoms with Crippen LogP contribution in [-0.4, -0.2) is 63.5 Å². The van der Waals surface area contributed by atoms with Gasteiger partial charge in [0.25, 0.3) is 0 Å². The molecule has 1 aliphatic heterocycles. The molecule has 2 N–H and O–H groups in total. The van der Waals surface area contributed by atoms with Gasteiger partial charge in [-0.2, -0.15) is 26.3 Å². The summed E-state index contributed by atoms with van der Waals surface area (Å²) in [6.07, 6.45) is -7.24. The van der Waals surface area contributed by atoms with E-state index >= 15 is 0 Å². The number of carbonyl (C=O) groups is 1. The first kappa shape index (κ1) is 31.0. The van der Waals surface area contributed by atoms with Crippen molar-refractivity contribution in [2.75, 3.05) is 31.1 Å². The summed E-state index contributed by atoms with van der Waals surface area (Å²) in [4.78, 5) is 31.3. The number of likely N-dealkylation sites (tertiary alicyclic amines) is 1. The molecule has 0 unspecified atom stereocenters. The predicted molar refractivity (Wildman–Crippen MR) is 138 cm³/mol. The van der Waals surface area contributed by atoms with Crippen LogP contribution in [0.1, 0.15) is 24.0 Å². The normalized spacial score (nSPS) is 14.2. The summed E-state index contributed by atoms with van der Waals surface area (Å²) in [5.74, 6) is -4.11. The molecule has 2 aromatic heterocycles. The molecule has 0 bridgehead atoms. The Kier molecular flexibility index (Phi) is 9.20. The van der Waals surface area contributed by atoms with Crippen LogP contribution < -0.4 is 10.7 Å². The van der Waals surface area contributed by atoms with Gasteiger partial charge in [-0.1, -0.05) is 22.6 Å². The van der Waals surface area contributed by atoms with Crippen molar-refractivity contribution in [3.63, 3.8) is 0 Å². The Balaban J connectivity index is 0.000000517. The molecule has 4 aromatic rings. The summed E-state index contributed by atoms with van der Waals surface area (Å²) < 4.78 is 90.9. The van der Waals surface area contributed by atoms with Crippen molar-refractivity contribution in [2.24, 2.45) is 0 Å². The molecule has 1 saturated heterocycles. The topological polar surface area (TPSA) is 116 Å². The van der Waals surface area contributed by atoms with E-state index in [9.17, 15) is 35.5 Å². The van der Waals surface area contributed by atoms with E-state index in [1.165, 1.54) is 29.5 Å². The van der Waals surface area contributed by atoms with E-state index in [0.717, 1.165) is 44.6 Å². The average molecular weight is 622 g/mol. The van der Waals surface area contributed by atoms with Crippen LogP contribution in [0.3, 0.4) is 0 Å². The highest BCUT2D eigenvalue weighted by molar-refractivity contribution is 7.22. The molecule has 1 aliphatic rings. The van der Waals surface area contributed by atoms with Crippen LogP contribution in [-0.2, 0) is 17.5 Å². The van der Waals surface area contributed by atoms with Crippen LogP contribution in [0.2, 0.25) is 0 Å². The summed E-state index contributed by atoms with van der Waals surface area (Å²) in [6, 6.07) is 8.09. The van der Waals surface area contributed by atoms with Gasteiger partial charge in [-0.05, 0) is 61.8 Å². The highest BCUT2D eigenvalue weighted by atomic mass is 32.1. The van der Waals surface area contributed by atoms with Crippen LogP contribution in [0.5, 0.6) is 0 Å². The number of thiazole rings is 1. The number of carboxylic acids is 1. The number of anilines is 1. The molecule has 0 amide bonds. The number of carboxylic acid groups (broad SMARTS) is 1. The monoisotopic (exact) mass is 621 g/mol. The zero-order chi connectivity index (χ0) is 30.7. The van der Waals surface area contributed by atoms with Gasteiger partial charge in [-0.3, -0.25) is 9.51 Å². The number of aromatic nitrogens is 3. The number of nitrogens with zero attached hydrogens (tertiary/aromatic N) is 4. The van der Waals surface area contributed by atoms with E-state index in [-0.39, 0.29) is 11.4 Å². The van der Waals surface area contributed by atoms with E-state index in [0.29, 0.717) is 34.0 Å². The maximum atomic E-state index is 14.8. The fourth-order valence-corrected chi connectivity index (χ4v) is 5.18. The summed E-state index contributed by atoms with van der Waals surface area (Å²) in [6.45, 7) is 3.67. The number of benzene rings is 2. The highest BCUT2D eigenvalue weighted by Crippen LogP contribution is 2.36. The number of hydrogen-bond acceptors (Lipinski definition) is 8. The van der Waals surface area contributed by atoms with Gasteiger partial charge >= 0.3 is 24.1 Å². The standard InChI is InChI=1S/C23H21F4N5O2S.C2HF3O2/c24-17-11-14(3-5-16(17)20-29-22(33)34-30-20)13-32(10-9-31-7-1-2-8-31)21-28-18-6-4-15(23(25,26)27)12-19(18)35-21;3-2(4,5)1(6)7/h3-6,11-12H,1-2,7-10,13H2,(H,29,30,33);(H,6,7). The summed E-state index contributed by atoms with van der Waals surface area (Å²) in [5, 5.41) is 11.2. The van der Waals surface area contributed by atoms with Crippen LogP contribution in [0.4, 0.5) is 35.9 Å². The molecule has 226 valence electrons. The quantitative estimate of drug-likeness (QED) is 0.259. The van der Waals surface area contributed by atoms with Gasteiger partial charge in [0.05, 0.1) is 21.3 Å². The third-order valence-corrected chi connectivity index (χ3v) is 7.28. The molecule has 2 aromatic carbocycles. The molecule has 0 atom stereocenters. The van der Waals surface area contributed by atoms with Crippen LogP contribution in [0.25, 0.3) is 21.6 Å². The summed E-state index contributed by atoms with van der Waals surface area (Å²) >= 11 is 1.18. The number of fused-ring (bicyclic) bond motifs is 1. The largest absolute Gasteiger partial charge is 0.490 e. The van der Waals surface area contributed by atoms with Gasteiger partial charge in [-0.15, -0.1) is 0 Å². The van der Waals surface area contributed by atoms with Crippen molar-refractivity contribution >= 4 is 32.7 Å². The number of rotatable bonds is 7. The fraction of sp³-hybridized carbons (Fsp3) is 0.360. The van der Waals surface area contributed by atoms with E-state index < -0.39 is 35.5 Å². The first-order valence-electron chi connectivity index (χ1n) is 12.3. The molecule has 0 radical (unpaired) electrons. The summed E-state index contributed by atoms with van der Waals surface area (Å²) in [5.41, 5.74) is 0.518. The van der Waals surface area contributed by atoms with Crippen molar-refractivity contribution in [1.82, 2.24) is 20.0 Å². The second-order valence-corrected chi connectivity index (χ2v) is 10.2. The Morgan fingerprint density at radius 2 is 1.79 bits per heavy atom. The maximum absolute atomic E-state index is 14.8. The second kappa shape index (κ2) is 12.5. The zero-order valence-corrected chi connectivity index (χ0v) is 22.2. The second-order valence-electron chi connectivity index (χ2n) is 9.21. The van der Waals surface area contributed by atoms with Crippen molar-refractivity contribution in [2.45, 2.75) is 31.7 Å². The Labute approximate surface area is 236 Å².